The fraction of sp³-hybridized carbons (Fsp3) is 0.300. The van der Waals surface area contributed by atoms with Gasteiger partial charge in [-0.3, -0.25) is 0 Å². The number of hydrogen-bond donors (Lipinski definition) is 2. The van der Waals surface area contributed by atoms with Gasteiger partial charge in [-0.2, -0.15) is 0 Å². The van der Waals surface area contributed by atoms with Gasteiger partial charge in [0.25, 0.3) is 0 Å². The van der Waals surface area contributed by atoms with E-state index in [2.05, 4.69) is 4.74 Å². The molecule has 0 aliphatic heterocycles. The summed E-state index contributed by atoms with van der Waals surface area (Å²) in [5.41, 5.74) is 5.50. The van der Waals surface area contributed by atoms with Gasteiger partial charge < -0.3 is 15.6 Å². The van der Waals surface area contributed by atoms with Crippen LogP contribution in [0.15, 0.2) is 18.2 Å². The lowest BCUT2D eigenvalue weighted by molar-refractivity contribution is 0.133. The zero-order valence-corrected chi connectivity index (χ0v) is 9.83. The van der Waals surface area contributed by atoms with Crippen molar-refractivity contribution in [3.63, 3.8) is 0 Å². The van der Waals surface area contributed by atoms with Crippen molar-refractivity contribution in [2.45, 2.75) is 5.92 Å². The summed E-state index contributed by atoms with van der Waals surface area (Å²) in [4.78, 5) is 10.5. The van der Waals surface area contributed by atoms with Crippen molar-refractivity contribution in [3.8, 4) is 0 Å². The van der Waals surface area contributed by atoms with Crippen LogP contribution >= 0.6 is 23.2 Å². The highest BCUT2D eigenvalue weighted by molar-refractivity contribution is 6.35. The number of aliphatic hydroxyl groups is 1. The summed E-state index contributed by atoms with van der Waals surface area (Å²) in [5, 5.41) is 10.1. The number of carbonyl (C=O) groups is 1. The Bertz CT molecular complexity index is 384. The van der Waals surface area contributed by atoms with E-state index < -0.39 is 12.0 Å². The maximum atomic E-state index is 10.5. The number of benzene rings is 1. The van der Waals surface area contributed by atoms with E-state index in [1.165, 1.54) is 0 Å². The van der Waals surface area contributed by atoms with E-state index in [1.54, 1.807) is 18.2 Å². The molecule has 0 fully saturated rings. The van der Waals surface area contributed by atoms with Gasteiger partial charge >= 0.3 is 6.09 Å². The van der Waals surface area contributed by atoms with Gasteiger partial charge in [0.15, 0.2) is 0 Å². The molecule has 0 spiro atoms. The highest BCUT2D eigenvalue weighted by Gasteiger charge is 2.15. The summed E-state index contributed by atoms with van der Waals surface area (Å²) in [6, 6.07) is 4.89. The van der Waals surface area contributed by atoms with Gasteiger partial charge in [0.05, 0.1) is 6.61 Å². The lowest BCUT2D eigenvalue weighted by Crippen LogP contribution is -2.20. The van der Waals surface area contributed by atoms with Gasteiger partial charge in [0.2, 0.25) is 0 Å². The zero-order chi connectivity index (χ0) is 12.1. The minimum atomic E-state index is -0.886. The molecule has 0 saturated heterocycles. The second-order valence-electron chi connectivity index (χ2n) is 3.18. The monoisotopic (exact) mass is 263 g/mol. The first-order chi connectivity index (χ1) is 7.54. The van der Waals surface area contributed by atoms with E-state index in [0.29, 0.717) is 15.6 Å². The van der Waals surface area contributed by atoms with Crippen LogP contribution in [0.2, 0.25) is 10.0 Å². The molecule has 0 radical (unpaired) electrons. The summed E-state index contributed by atoms with van der Waals surface area (Å²) in [6.45, 7) is -0.220. The summed E-state index contributed by atoms with van der Waals surface area (Å²) in [6.07, 6.45) is -0.886. The zero-order valence-electron chi connectivity index (χ0n) is 8.32. The molecule has 0 bridgehead atoms. The van der Waals surface area contributed by atoms with Gasteiger partial charge in [0.1, 0.15) is 6.61 Å². The van der Waals surface area contributed by atoms with Gasteiger partial charge in [-0.15, -0.1) is 0 Å². The predicted molar refractivity (Wildman–Crippen MR) is 61.8 cm³/mol. The molecular formula is C10H11Cl2NO3. The SMILES string of the molecule is NC(=O)OC[C@@H](CO)c1ccc(Cl)cc1Cl. The number of nitrogens with two attached hydrogens (primary N) is 1. The Morgan fingerprint density at radius 1 is 1.50 bits per heavy atom. The first-order valence-corrected chi connectivity index (χ1v) is 5.28. The number of halogens is 2. The summed E-state index contributed by atoms with van der Waals surface area (Å²) in [7, 11) is 0. The standard InChI is InChI=1S/C10H11Cl2NO3/c11-7-1-2-8(9(12)3-7)6(4-14)5-16-10(13)15/h1-3,6,14H,4-5H2,(H2,13,15)/t6-/m1/s1. The molecule has 4 nitrogen and oxygen atoms in total. The summed E-state index contributed by atoms with van der Waals surface area (Å²) < 4.78 is 4.62. The van der Waals surface area contributed by atoms with Gasteiger partial charge in [0, 0.05) is 16.0 Å². The molecule has 1 rings (SSSR count). The van der Waals surface area contributed by atoms with E-state index in [-0.39, 0.29) is 13.2 Å². The molecule has 88 valence electrons. The van der Waals surface area contributed by atoms with E-state index >= 15 is 0 Å². The van der Waals surface area contributed by atoms with Crippen LogP contribution in [0.4, 0.5) is 4.79 Å². The van der Waals surface area contributed by atoms with E-state index in [0.717, 1.165) is 0 Å². The highest BCUT2D eigenvalue weighted by atomic mass is 35.5. The largest absolute Gasteiger partial charge is 0.449 e. The molecule has 0 heterocycles. The minimum Gasteiger partial charge on any atom is -0.449 e. The molecule has 3 N–H and O–H groups in total. The molecule has 1 atom stereocenters. The molecule has 16 heavy (non-hydrogen) atoms. The molecule has 1 amide bonds. The van der Waals surface area contributed by atoms with Gasteiger partial charge in [-0.1, -0.05) is 29.3 Å². The van der Waals surface area contributed by atoms with Crippen LogP contribution in [-0.4, -0.2) is 24.4 Å². The van der Waals surface area contributed by atoms with Crippen LogP contribution in [0, 0.1) is 0 Å². The number of primary amides is 1. The maximum Gasteiger partial charge on any atom is 0.404 e. The first-order valence-electron chi connectivity index (χ1n) is 4.52. The Balaban J connectivity index is 2.82. The Morgan fingerprint density at radius 2 is 2.19 bits per heavy atom. The van der Waals surface area contributed by atoms with Crippen molar-refractivity contribution >= 4 is 29.3 Å². The number of aliphatic hydroxyl groups excluding tert-OH is 1. The quantitative estimate of drug-likeness (QED) is 0.875. The fourth-order valence-electron chi connectivity index (χ4n) is 1.26. The van der Waals surface area contributed by atoms with Crippen molar-refractivity contribution < 1.29 is 14.6 Å². The first kappa shape index (κ1) is 13.1. The third kappa shape index (κ3) is 3.56. The van der Waals surface area contributed by atoms with Gasteiger partial charge in [-0.25, -0.2) is 4.79 Å². The smallest absolute Gasteiger partial charge is 0.404 e. The van der Waals surface area contributed by atoms with Crippen molar-refractivity contribution in [1.29, 1.82) is 0 Å². The van der Waals surface area contributed by atoms with Crippen LogP contribution in [0.25, 0.3) is 0 Å². The number of rotatable bonds is 4. The molecular weight excluding hydrogens is 253 g/mol. The average Bonchev–Trinajstić information content (AvgIpc) is 2.21. The van der Waals surface area contributed by atoms with E-state index in [9.17, 15) is 4.79 Å². The normalized spacial score (nSPS) is 12.2. The van der Waals surface area contributed by atoms with Crippen molar-refractivity contribution in [2.24, 2.45) is 5.73 Å². The summed E-state index contributed by atoms with van der Waals surface area (Å²) >= 11 is 11.7. The number of hydrogen-bond acceptors (Lipinski definition) is 3. The van der Waals surface area contributed by atoms with Crippen LogP contribution in [-0.2, 0) is 4.74 Å². The molecule has 0 unspecified atom stereocenters. The molecule has 1 aromatic carbocycles. The Labute approximate surface area is 103 Å². The minimum absolute atomic E-state index is 0.0206. The van der Waals surface area contributed by atoms with Crippen LogP contribution in [0.1, 0.15) is 11.5 Å². The summed E-state index contributed by atoms with van der Waals surface area (Å²) in [5.74, 6) is -0.405. The Kier molecular flexibility index (Phi) is 4.86. The lowest BCUT2D eigenvalue weighted by Gasteiger charge is -2.15. The molecule has 0 aliphatic rings. The van der Waals surface area contributed by atoms with Crippen molar-refractivity contribution in [1.82, 2.24) is 0 Å². The van der Waals surface area contributed by atoms with Crippen molar-refractivity contribution in [3.05, 3.63) is 33.8 Å². The number of ether oxygens (including phenoxy) is 1. The number of amides is 1. The molecule has 1 aromatic rings. The number of carbonyl (C=O) groups excluding carboxylic acids is 1. The topological polar surface area (TPSA) is 72.6 Å². The lowest BCUT2D eigenvalue weighted by atomic mass is 10.0. The Hall–Kier alpha value is -0.970. The van der Waals surface area contributed by atoms with Crippen LogP contribution in [0.3, 0.4) is 0 Å². The van der Waals surface area contributed by atoms with E-state index in [1.807, 2.05) is 0 Å². The fourth-order valence-corrected chi connectivity index (χ4v) is 1.82. The van der Waals surface area contributed by atoms with Crippen LogP contribution < -0.4 is 5.73 Å². The average molecular weight is 264 g/mol. The third-order valence-corrected chi connectivity index (χ3v) is 2.61. The second kappa shape index (κ2) is 5.94. The molecule has 0 aliphatic carbocycles. The molecule has 6 heteroatoms. The Morgan fingerprint density at radius 3 is 2.69 bits per heavy atom. The molecule has 0 aromatic heterocycles. The second-order valence-corrected chi connectivity index (χ2v) is 4.02. The third-order valence-electron chi connectivity index (χ3n) is 2.05. The van der Waals surface area contributed by atoms with Gasteiger partial charge in [-0.05, 0) is 17.7 Å². The maximum absolute atomic E-state index is 10.5. The van der Waals surface area contributed by atoms with Crippen LogP contribution in [0.5, 0.6) is 0 Å². The van der Waals surface area contributed by atoms with E-state index in [4.69, 9.17) is 34.0 Å². The molecule has 0 saturated carbocycles. The predicted octanol–water partition coefficient (Wildman–Crippen LogP) is 2.16. The highest BCUT2D eigenvalue weighted by Crippen LogP contribution is 2.27. The van der Waals surface area contributed by atoms with Crippen molar-refractivity contribution in [2.75, 3.05) is 13.2 Å².